The number of nitrogens with zero attached hydrogens (tertiary/aromatic N) is 1. The van der Waals surface area contributed by atoms with Gasteiger partial charge in [-0.25, -0.2) is 4.79 Å². The van der Waals surface area contributed by atoms with E-state index in [0.717, 1.165) is 19.3 Å². The molecule has 0 bridgehead atoms. The maximum Gasteiger partial charge on any atom is 0.328 e. The molecule has 0 aromatic heterocycles. The number of hydrogen-bond acceptors (Lipinski definition) is 3. The lowest BCUT2D eigenvalue weighted by Gasteiger charge is -2.41. The second kappa shape index (κ2) is 6.30. The van der Waals surface area contributed by atoms with Gasteiger partial charge in [0, 0.05) is 5.02 Å². The van der Waals surface area contributed by atoms with Gasteiger partial charge >= 0.3 is 5.97 Å². The summed E-state index contributed by atoms with van der Waals surface area (Å²) in [7, 11) is 0. The summed E-state index contributed by atoms with van der Waals surface area (Å²) < 4.78 is 5.83. The van der Waals surface area contributed by atoms with Crippen LogP contribution in [-0.2, 0) is 9.53 Å². The van der Waals surface area contributed by atoms with Crippen LogP contribution in [0.1, 0.15) is 42.5 Å². The maximum absolute atomic E-state index is 13.0. The molecule has 0 radical (unpaired) electrons. The zero-order valence-corrected chi connectivity index (χ0v) is 13.9. The summed E-state index contributed by atoms with van der Waals surface area (Å²) in [5, 5.41) is 10.1. The molecule has 3 rings (SSSR count). The lowest BCUT2D eigenvalue weighted by Crippen LogP contribution is -2.54. The first-order valence-corrected chi connectivity index (χ1v) is 8.36. The molecule has 5 nitrogen and oxygen atoms in total. The van der Waals surface area contributed by atoms with Gasteiger partial charge in [-0.15, -0.1) is 0 Å². The van der Waals surface area contributed by atoms with E-state index in [4.69, 9.17) is 27.9 Å². The first kappa shape index (κ1) is 16.6. The Kier molecular flexibility index (Phi) is 4.54. The number of carboxylic acid groups (broad SMARTS) is 1. The number of rotatable bonds is 2. The third-order valence-electron chi connectivity index (χ3n) is 4.56. The topological polar surface area (TPSA) is 66.8 Å². The standard InChI is InChI=1S/C16H17Cl2NO4/c17-10-4-5-11(12(18)8-10)14(20)19-13(15(21)22)9-23-16(19)6-2-1-3-7-16/h4-5,8,13H,1-3,6-7,9H2,(H,21,22). The highest BCUT2D eigenvalue weighted by molar-refractivity contribution is 6.36. The van der Waals surface area contributed by atoms with Gasteiger partial charge in [-0.2, -0.15) is 0 Å². The Morgan fingerprint density at radius 3 is 2.52 bits per heavy atom. The molecule has 1 aliphatic carbocycles. The second-order valence-electron chi connectivity index (χ2n) is 5.97. The molecular weight excluding hydrogens is 341 g/mol. The largest absolute Gasteiger partial charge is 0.480 e. The molecule has 1 aliphatic heterocycles. The molecule has 1 amide bonds. The SMILES string of the molecule is O=C(O)C1COC2(CCCCC2)N1C(=O)c1ccc(Cl)cc1Cl. The summed E-state index contributed by atoms with van der Waals surface area (Å²) in [6.45, 7) is 0.00623. The van der Waals surface area contributed by atoms with E-state index in [1.165, 1.54) is 17.0 Å². The number of amides is 1. The van der Waals surface area contributed by atoms with Gasteiger partial charge in [-0.1, -0.05) is 29.6 Å². The Bertz CT molecular complexity index is 643. The highest BCUT2D eigenvalue weighted by atomic mass is 35.5. The molecule has 1 atom stereocenters. The van der Waals surface area contributed by atoms with E-state index in [2.05, 4.69) is 0 Å². The Hall–Kier alpha value is -1.30. The Labute approximate surface area is 144 Å². The molecule has 1 heterocycles. The average Bonchev–Trinajstić information content (AvgIpc) is 2.86. The fourth-order valence-electron chi connectivity index (χ4n) is 3.45. The molecular formula is C16H17Cl2NO4. The summed E-state index contributed by atoms with van der Waals surface area (Å²) in [6, 6.07) is 3.59. The molecule has 2 aliphatic rings. The highest BCUT2D eigenvalue weighted by Crippen LogP contribution is 2.42. The number of hydrogen-bond donors (Lipinski definition) is 1. The van der Waals surface area contributed by atoms with Crippen molar-refractivity contribution in [1.29, 1.82) is 0 Å². The van der Waals surface area contributed by atoms with E-state index in [-0.39, 0.29) is 17.2 Å². The van der Waals surface area contributed by atoms with Crippen LogP contribution in [0, 0.1) is 0 Å². The highest BCUT2D eigenvalue weighted by Gasteiger charge is 2.53. The summed E-state index contributed by atoms with van der Waals surface area (Å²) in [4.78, 5) is 26.0. The molecule has 1 aromatic carbocycles. The van der Waals surface area contributed by atoms with Gasteiger partial charge in [0.2, 0.25) is 0 Å². The van der Waals surface area contributed by atoms with E-state index >= 15 is 0 Å². The monoisotopic (exact) mass is 357 g/mol. The minimum absolute atomic E-state index is 0.00623. The summed E-state index contributed by atoms with van der Waals surface area (Å²) >= 11 is 12.0. The second-order valence-corrected chi connectivity index (χ2v) is 6.81. The molecule has 1 unspecified atom stereocenters. The van der Waals surface area contributed by atoms with E-state index in [9.17, 15) is 14.7 Å². The Morgan fingerprint density at radius 2 is 1.91 bits per heavy atom. The number of ether oxygens (including phenoxy) is 1. The van der Waals surface area contributed by atoms with Gasteiger partial charge < -0.3 is 9.84 Å². The van der Waals surface area contributed by atoms with Crippen LogP contribution < -0.4 is 0 Å². The van der Waals surface area contributed by atoms with Crippen LogP contribution >= 0.6 is 23.2 Å². The quantitative estimate of drug-likeness (QED) is 0.878. The normalized spacial score (nSPS) is 23.2. The summed E-state index contributed by atoms with van der Waals surface area (Å²) in [5.74, 6) is -1.48. The smallest absolute Gasteiger partial charge is 0.328 e. The predicted octanol–water partition coefficient (Wildman–Crippen LogP) is 3.58. The minimum Gasteiger partial charge on any atom is -0.480 e. The molecule has 1 spiro atoms. The van der Waals surface area contributed by atoms with Gasteiger partial charge in [-0.3, -0.25) is 9.69 Å². The van der Waals surface area contributed by atoms with Gasteiger partial charge in [0.15, 0.2) is 6.04 Å². The molecule has 1 aromatic rings. The number of benzene rings is 1. The predicted molar refractivity (Wildman–Crippen MR) is 85.8 cm³/mol. The van der Waals surface area contributed by atoms with Crippen LogP contribution in [0.15, 0.2) is 18.2 Å². The van der Waals surface area contributed by atoms with E-state index < -0.39 is 23.6 Å². The van der Waals surface area contributed by atoms with Crippen molar-refractivity contribution in [3.8, 4) is 0 Å². The van der Waals surface area contributed by atoms with Gasteiger partial charge in [-0.05, 0) is 43.9 Å². The van der Waals surface area contributed by atoms with Crippen molar-refractivity contribution in [3.05, 3.63) is 33.8 Å². The fraction of sp³-hybridized carbons (Fsp3) is 0.500. The molecule has 124 valence electrons. The Morgan fingerprint density at radius 1 is 1.22 bits per heavy atom. The third-order valence-corrected chi connectivity index (χ3v) is 5.11. The van der Waals surface area contributed by atoms with Crippen LogP contribution in [0.4, 0.5) is 0 Å². The minimum atomic E-state index is -1.06. The number of carboxylic acids is 1. The van der Waals surface area contributed by atoms with Crippen molar-refractivity contribution in [3.63, 3.8) is 0 Å². The van der Waals surface area contributed by atoms with Crippen molar-refractivity contribution in [2.45, 2.75) is 43.9 Å². The average molecular weight is 358 g/mol. The molecule has 1 saturated carbocycles. The van der Waals surface area contributed by atoms with Gasteiger partial charge in [0.25, 0.3) is 5.91 Å². The fourth-order valence-corrected chi connectivity index (χ4v) is 3.94. The molecule has 23 heavy (non-hydrogen) atoms. The zero-order valence-electron chi connectivity index (χ0n) is 12.4. The molecule has 2 fully saturated rings. The van der Waals surface area contributed by atoms with E-state index in [0.29, 0.717) is 17.9 Å². The van der Waals surface area contributed by atoms with Crippen molar-refractivity contribution in [2.75, 3.05) is 6.61 Å². The third kappa shape index (κ3) is 2.93. The van der Waals surface area contributed by atoms with Crippen LogP contribution in [0.5, 0.6) is 0 Å². The van der Waals surface area contributed by atoms with Crippen LogP contribution in [0.25, 0.3) is 0 Å². The van der Waals surface area contributed by atoms with Crippen molar-refractivity contribution < 1.29 is 19.4 Å². The van der Waals surface area contributed by atoms with Crippen molar-refractivity contribution >= 4 is 35.1 Å². The van der Waals surface area contributed by atoms with Crippen molar-refractivity contribution in [1.82, 2.24) is 4.90 Å². The van der Waals surface area contributed by atoms with Crippen LogP contribution in [-0.4, -0.2) is 40.3 Å². The number of aliphatic carboxylic acids is 1. The maximum atomic E-state index is 13.0. The number of carbonyl (C=O) groups excluding carboxylic acids is 1. The van der Waals surface area contributed by atoms with Crippen LogP contribution in [0.2, 0.25) is 10.0 Å². The number of halogens is 2. The molecule has 1 saturated heterocycles. The van der Waals surface area contributed by atoms with E-state index in [1.54, 1.807) is 6.07 Å². The lowest BCUT2D eigenvalue weighted by atomic mass is 9.89. The first-order valence-electron chi connectivity index (χ1n) is 7.60. The van der Waals surface area contributed by atoms with Crippen molar-refractivity contribution in [2.24, 2.45) is 0 Å². The molecule has 7 heteroatoms. The van der Waals surface area contributed by atoms with E-state index in [1.807, 2.05) is 0 Å². The number of carbonyl (C=O) groups is 2. The Balaban J connectivity index is 2.00. The van der Waals surface area contributed by atoms with Gasteiger partial charge in [0.1, 0.15) is 5.72 Å². The van der Waals surface area contributed by atoms with Gasteiger partial charge in [0.05, 0.1) is 17.2 Å². The summed E-state index contributed by atoms with van der Waals surface area (Å²) in [6.07, 6.45) is 4.17. The zero-order chi connectivity index (χ0) is 16.6. The lowest BCUT2D eigenvalue weighted by molar-refractivity contribution is -0.143. The first-order chi connectivity index (χ1) is 10.9. The molecule has 1 N–H and O–H groups in total. The van der Waals surface area contributed by atoms with Crippen LogP contribution in [0.3, 0.4) is 0 Å². The summed E-state index contributed by atoms with van der Waals surface area (Å²) in [5.41, 5.74) is -0.584.